The summed E-state index contributed by atoms with van der Waals surface area (Å²) in [5.41, 5.74) is 9.21. The number of carbonyl (C=O) groups is 2. The van der Waals surface area contributed by atoms with Gasteiger partial charge in [-0.25, -0.2) is 14.5 Å². The van der Waals surface area contributed by atoms with Crippen molar-refractivity contribution in [3.63, 3.8) is 0 Å². The fraction of sp³-hybridized carbons (Fsp3) is 0.393. The summed E-state index contributed by atoms with van der Waals surface area (Å²) in [4.78, 5) is 25.0. The number of nitrogens with one attached hydrogen (secondary N) is 1. The number of esters is 1. The van der Waals surface area contributed by atoms with E-state index >= 15 is 0 Å². The van der Waals surface area contributed by atoms with Crippen molar-refractivity contribution in [1.82, 2.24) is 20.2 Å². The van der Waals surface area contributed by atoms with Crippen molar-refractivity contribution in [2.45, 2.75) is 46.6 Å². The Balaban J connectivity index is 0.00000380. The van der Waals surface area contributed by atoms with Crippen molar-refractivity contribution in [3.05, 3.63) is 70.9 Å². The number of hydrogen-bond acceptors (Lipinski definition) is 6. The second-order valence-electron chi connectivity index (χ2n) is 9.06. The van der Waals surface area contributed by atoms with Crippen LogP contribution in [0, 0.1) is 26.8 Å². The second-order valence-corrected chi connectivity index (χ2v) is 9.06. The van der Waals surface area contributed by atoms with Crippen LogP contribution in [0.2, 0.25) is 0 Å². The molecule has 4 rings (SSSR count). The molecule has 1 atom stereocenters. The quantitative estimate of drug-likeness (QED) is 0.306. The predicted molar refractivity (Wildman–Crippen MR) is 137 cm³/mol. The maximum atomic E-state index is 13.5. The average Bonchev–Trinajstić information content (AvgIpc) is 3.43. The van der Waals surface area contributed by atoms with Crippen LogP contribution in [-0.2, 0) is 47.0 Å². The number of hydrogen-bond donors (Lipinski definition) is 1. The zero-order valence-corrected chi connectivity index (χ0v) is 24.8. The van der Waals surface area contributed by atoms with Crippen LogP contribution in [0.5, 0.6) is 0 Å². The van der Waals surface area contributed by atoms with Crippen LogP contribution in [0.1, 0.15) is 46.9 Å². The molecule has 1 aromatic heterocycles. The van der Waals surface area contributed by atoms with E-state index in [2.05, 4.69) is 24.5 Å². The van der Waals surface area contributed by atoms with Gasteiger partial charge >= 0.3 is 5.97 Å². The van der Waals surface area contributed by atoms with E-state index < -0.39 is 0 Å². The number of amides is 1. The Morgan fingerprint density at radius 2 is 1.92 bits per heavy atom. The van der Waals surface area contributed by atoms with E-state index in [9.17, 15) is 9.59 Å². The number of rotatable bonds is 9. The van der Waals surface area contributed by atoms with E-state index in [1.54, 1.807) is 6.92 Å². The monoisotopic (exact) mass is 578 g/mol. The van der Waals surface area contributed by atoms with Gasteiger partial charge in [-0.3, -0.25) is 10.2 Å². The van der Waals surface area contributed by atoms with Crippen molar-refractivity contribution in [2.75, 3.05) is 26.4 Å². The summed E-state index contributed by atoms with van der Waals surface area (Å²) in [6.45, 7) is 9.07. The van der Waals surface area contributed by atoms with Crippen LogP contribution in [-0.4, -0.2) is 59.1 Å². The predicted octanol–water partition coefficient (Wildman–Crippen LogP) is 3.95. The molecule has 1 saturated heterocycles. The number of carbonyl (C=O) groups excluding carboxylic acids is 2. The summed E-state index contributed by atoms with van der Waals surface area (Å²) in [6, 6.07) is 16.9. The minimum Gasteiger partial charge on any atom is -0.464 e. The molecule has 0 spiro atoms. The topological polar surface area (TPSA) is 85.7 Å². The van der Waals surface area contributed by atoms with Crippen LogP contribution in [0.25, 0.3) is 16.9 Å². The van der Waals surface area contributed by atoms with Crippen LogP contribution in [0.3, 0.4) is 0 Å². The van der Waals surface area contributed by atoms with E-state index in [0.717, 1.165) is 40.9 Å². The normalized spacial score (nSPS) is 15.3. The number of hydrazine groups is 1. The molecule has 193 valence electrons. The van der Waals surface area contributed by atoms with Crippen molar-refractivity contribution < 1.29 is 51.8 Å². The first-order valence-corrected chi connectivity index (χ1v) is 12.3. The molecule has 0 saturated carbocycles. The third-order valence-corrected chi connectivity index (χ3v) is 6.37. The van der Waals surface area contributed by atoms with Gasteiger partial charge in [-0.1, -0.05) is 17.7 Å². The third-order valence-electron chi connectivity index (χ3n) is 6.37. The van der Waals surface area contributed by atoms with E-state index in [0.29, 0.717) is 25.5 Å². The number of benzene rings is 2. The maximum absolute atomic E-state index is 13.5. The molecule has 1 fully saturated rings. The number of ether oxygens (including phenoxy) is 2. The van der Waals surface area contributed by atoms with Crippen molar-refractivity contribution >= 4 is 11.9 Å². The van der Waals surface area contributed by atoms with Gasteiger partial charge in [-0.2, -0.15) is 35.4 Å². The molecule has 2 aromatic carbocycles. The van der Waals surface area contributed by atoms with Gasteiger partial charge in [0.05, 0.1) is 30.6 Å². The summed E-state index contributed by atoms with van der Waals surface area (Å²) in [7, 11) is 0. The number of aryl methyl sites for hydroxylation is 2. The first kappa shape index (κ1) is 29.2. The van der Waals surface area contributed by atoms with E-state index in [1.807, 2.05) is 59.9 Å². The molecule has 1 unspecified atom stereocenters. The second kappa shape index (κ2) is 13.4. The Kier molecular flexibility index (Phi) is 10.6. The van der Waals surface area contributed by atoms with Crippen molar-refractivity contribution in [2.24, 2.45) is 0 Å². The Labute approximate surface area is 243 Å². The standard InChI is InChI=1S/C28H33N4O4.Y/c1-5-36-25(33)18-35-17-23-12-9-15-31(23)30-28(34)26-21(4)27(22-10-7-6-8-11-22)32(29-26)24-14-13-19(2)16-20(24)3;/h7-8,10-11,13-14,16,23H,5,9,12,15,17-18H2,1-4H3,(H,30,34);/q-1;. The Morgan fingerprint density at radius 3 is 2.62 bits per heavy atom. The molecule has 1 aliphatic heterocycles. The molecule has 0 bridgehead atoms. The van der Waals surface area contributed by atoms with Crippen LogP contribution in [0.15, 0.2) is 42.5 Å². The fourth-order valence-corrected chi connectivity index (χ4v) is 4.63. The Hall–Kier alpha value is -2.39. The summed E-state index contributed by atoms with van der Waals surface area (Å²) in [5, 5.41) is 6.68. The first-order valence-electron chi connectivity index (χ1n) is 12.3. The molecule has 37 heavy (non-hydrogen) atoms. The summed E-state index contributed by atoms with van der Waals surface area (Å²) < 4.78 is 12.3. The van der Waals surface area contributed by atoms with Gasteiger partial charge in [0.2, 0.25) is 0 Å². The summed E-state index contributed by atoms with van der Waals surface area (Å²) in [5.74, 6) is -0.651. The zero-order chi connectivity index (χ0) is 25.7. The third kappa shape index (κ3) is 6.93. The van der Waals surface area contributed by atoms with E-state index in [-0.39, 0.29) is 57.2 Å². The van der Waals surface area contributed by atoms with Gasteiger partial charge in [0.25, 0.3) is 5.91 Å². The maximum Gasteiger partial charge on any atom is 0.332 e. The Bertz CT molecular complexity index is 1230. The van der Waals surface area contributed by atoms with Crippen LogP contribution >= 0.6 is 0 Å². The number of nitrogens with zero attached hydrogens (tertiary/aromatic N) is 3. The molecule has 3 aromatic rings. The minimum atomic E-state index is -0.385. The molecule has 0 aliphatic carbocycles. The molecule has 1 amide bonds. The van der Waals surface area contributed by atoms with Crippen molar-refractivity contribution in [3.8, 4) is 16.9 Å². The molecule has 8 nitrogen and oxygen atoms in total. The minimum absolute atomic E-state index is 0. The van der Waals surface area contributed by atoms with Gasteiger partial charge in [-0.15, -0.1) is 5.56 Å². The average molecular weight is 579 g/mol. The van der Waals surface area contributed by atoms with Gasteiger partial charge < -0.3 is 9.47 Å². The van der Waals surface area contributed by atoms with Crippen LogP contribution < -0.4 is 5.43 Å². The largest absolute Gasteiger partial charge is 0.464 e. The van der Waals surface area contributed by atoms with E-state index in [4.69, 9.17) is 14.6 Å². The van der Waals surface area contributed by atoms with E-state index in [1.165, 1.54) is 5.56 Å². The molecule has 9 heteroatoms. The van der Waals surface area contributed by atoms with Gasteiger partial charge in [0, 0.05) is 44.8 Å². The smallest absolute Gasteiger partial charge is 0.332 e. The number of aromatic nitrogens is 2. The molecule has 1 N–H and O–H groups in total. The summed E-state index contributed by atoms with van der Waals surface area (Å²) >= 11 is 0. The molecule has 1 radical (unpaired) electrons. The van der Waals surface area contributed by atoms with Gasteiger partial charge in [0.1, 0.15) is 6.61 Å². The first-order chi connectivity index (χ1) is 17.4. The summed E-state index contributed by atoms with van der Waals surface area (Å²) in [6.07, 6.45) is 1.79. The zero-order valence-electron chi connectivity index (χ0n) is 21.9. The van der Waals surface area contributed by atoms with Crippen molar-refractivity contribution in [1.29, 1.82) is 0 Å². The van der Waals surface area contributed by atoms with Crippen LogP contribution in [0.4, 0.5) is 0 Å². The molecular formula is C28H33N4O4Y-. The molecular weight excluding hydrogens is 545 g/mol. The molecule has 1 aliphatic rings. The Morgan fingerprint density at radius 1 is 1.16 bits per heavy atom. The SMILES string of the molecule is CCOC(=O)COCC1CCCN1NC(=O)c1nn(-c2ccc(C)cc2C)c(-c2cc[c-]cc2)c1C.[Y]. The molecule has 2 heterocycles. The van der Waals surface area contributed by atoms with Gasteiger partial charge in [-0.05, 0) is 52.2 Å². The fourth-order valence-electron chi connectivity index (χ4n) is 4.63. The van der Waals surface area contributed by atoms with Gasteiger partial charge in [0.15, 0.2) is 5.69 Å².